The number of ketones is 1. The van der Waals surface area contributed by atoms with E-state index in [0.29, 0.717) is 0 Å². The normalized spacial score (nSPS) is 28.6. The minimum Gasteiger partial charge on any atom is -0.460 e. The number of Topliss-reactive ketones (excluding diaryl/α,β-unsaturated/α-hetero) is 1. The van der Waals surface area contributed by atoms with Crippen LogP contribution >= 0.6 is 0 Å². The van der Waals surface area contributed by atoms with Gasteiger partial charge in [0.25, 0.3) is 0 Å². The lowest BCUT2D eigenvalue weighted by Crippen LogP contribution is -2.69. The summed E-state index contributed by atoms with van der Waals surface area (Å²) >= 11 is 0. The van der Waals surface area contributed by atoms with Crippen LogP contribution in [0.2, 0.25) is 0 Å². The molecule has 0 bridgehead atoms. The molecule has 4 aromatic carbocycles. The number of piperidine rings is 1. The molecule has 3 heterocycles. The molecule has 0 aromatic heterocycles. The van der Waals surface area contributed by atoms with Gasteiger partial charge >= 0.3 is 35.8 Å². The highest BCUT2D eigenvalue weighted by molar-refractivity contribution is 5.91. The van der Waals surface area contributed by atoms with Crippen molar-refractivity contribution >= 4 is 41.6 Å². The number of carbonyl (C=O) groups is 7. The molecular weight excluding hydrogens is 971 g/mol. The summed E-state index contributed by atoms with van der Waals surface area (Å²) in [7, 11) is 0. The highest BCUT2D eigenvalue weighted by atomic mass is 16.8. The number of ether oxygens (including phenoxy) is 10. The first-order chi connectivity index (χ1) is 35.6. The average molecular weight is 1030 g/mol. The number of aliphatic hydroxyl groups is 3. The van der Waals surface area contributed by atoms with Gasteiger partial charge in [-0.2, -0.15) is 0 Å². The van der Waals surface area contributed by atoms with Gasteiger partial charge < -0.3 is 72.8 Å². The molecule has 3 aliphatic rings. The SMILES string of the molecule is CC(=O)CCC(=O)O[C@H]1[C@@H](OC(=O)c2ccccc2)[C@@H](COC(=O)c2ccccc2)O[C@@H](O[C@H]2[C@H](O[C@@H]3O[C@@H](C)[C@@H](O)[C@@H](O)[C@@H]3O)[C@@H](COC(=O)c3ccccc3)NC[C@@H]2OC(C)=O)[C@@H]1OC(=O)c1ccccc1. The van der Waals surface area contributed by atoms with Gasteiger partial charge in [0, 0.05) is 19.9 Å². The Morgan fingerprint density at radius 2 is 1.00 bits per heavy atom. The minimum absolute atomic E-state index is 0.0101. The van der Waals surface area contributed by atoms with Gasteiger partial charge in [-0.3, -0.25) is 9.59 Å². The summed E-state index contributed by atoms with van der Waals surface area (Å²) in [4.78, 5) is 94.1. The fourth-order valence-corrected chi connectivity index (χ4v) is 8.37. The lowest BCUT2D eigenvalue weighted by Gasteiger charge is -2.49. The molecule has 21 heteroatoms. The molecule has 0 saturated carbocycles. The quantitative estimate of drug-likeness (QED) is 0.0776. The Kier molecular flexibility index (Phi) is 19.1. The van der Waals surface area contributed by atoms with Gasteiger partial charge in [-0.25, -0.2) is 19.2 Å². The van der Waals surface area contributed by atoms with Crippen molar-refractivity contribution in [2.45, 2.75) is 119 Å². The second-order valence-electron chi connectivity index (χ2n) is 17.6. The number of nitrogens with one attached hydrogen (secondary N) is 1. The van der Waals surface area contributed by atoms with Crippen LogP contribution in [0.4, 0.5) is 0 Å². The first kappa shape index (κ1) is 54.8. The maximum Gasteiger partial charge on any atom is 0.338 e. The van der Waals surface area contributed by atoms with Gasteiger partial charge in [-0.15, -0.1) is 0 Å². The Balaban J connectivity index is 1.34. The number of hydrogen-bond donors (Lipinski definition) is 4. The lowest BCUT2D eigenvalue weighted by atomic mass is 9.93. The van der Waals surface area contributed by atoms with Crippen molar-refractivity contribution in [1.82, 2.24) is 5.32 Å². The summed E-state index contributed by atoms with van der Waals surface area (Å²) in [5.41, 5.74) is 0.326. The summed E-state index contributed by atoms with van der Waals surface area (Å²) in [6.07, 6.45) is -22.8. The van der Waals surface area contributed by atoms with E-state index in [0.717, 1.165) is 6.92 Å². The number of carbonyl (C=O) groups excluding carboxylic acids is 7. The molecule has 7 rings (SSSR count). The topological polar surface area (TPSA) is 285 Å². The van der Waals surface area contributed by atoms with Crippen molar-refractivity contribution < 1.29 is 96.2 Å². The maximum atomic E-state index is 14.2. The molecule has 14 atom stereocenters. The van der Waals surface area contributed by atoms with E-state index in [4.69, 9.17) is 47.4 Å². The van der Waals surface area contributed by atoms with Gasteiger partial charge in [-0.05, 0) is 62.4 Å². The Bertz CT molecular complexity index is 2530. The smallest absolute Gasteiger partial charge is 0.338 e. The molecule has 3 aliphatic heterocycles. The number of benzene rings is 4. The van der Waals surface area contributed by atoms with E-state index in [2.05, 4.69) is 5.32 Å². The summed E-state index contributed by atoms with van der Waals surface area (Å²) < 4.78 is 61.2. The molecule has 3 fully saturated rings. The van der Waals surface area contributed by atoms with Crippen LogP contribution in [-0.2, 0) is 61.8 Å². The number of hydrogen-bond acceptors (Lipinski definition) is 21. The van der Waals surface area contributed by atoms with Crippen LogP contribution in [0, 0.1) is 0 Å². The Hall–Kier alpha value is -6.95. The van der Waals surface area contributed by atoms with Gasteiger partial charge in [-0.1, -0.05) is 72.8 Å². The molecule has 0 spiro atoms. The van der Waals surface area contributed by atoms with E-state index in [1.54, 1.807) is 72.8 Å². The zero-order chi connectivity index (χ0) is 52.9. The molecular formula is C53H57NO20. The first-order valence-electron chi connectivity index (χ1n) is 23.8. The van der Waals surface area contributed by atoms with Crippen molar-refractivity contribution in [1.29, 1.82) is 0 Å². The second-order valence-corrected chi connectivity index (χ2v) is 17.6. The van der Waals surface area contributed by atoms with E-state index in [9.17, 15) is 48.9 Å². The number of rotatable bonds is 19. The van der Waals surface area contributed by atoms with Gasteiger partial charge in [0.15, 0.2) is 30.9 Å². The van der Waals surface area contributed by atoms with Crippen molar-refractivity contribution in [2.75, 3.05) is 19.8 Å². The van der Waals surface area contributed by atoms with Crippen LogP contribution in [-0.4, -0.2) is 162 Å². The second kappa shape index (κ2) is 25.8. The van der Waals surface area contributed by atoms with Crippen molar-refractivity contribution in [3.05, 3.63) is 144 Å². The summed E-state index contributed by atoms with van der Waals surface area (Å²) in [5.74, 6) is -5.83. The van der Waals surface area contributed by atoms with Gasteiger partial charge in [0.05, 0.1) is 40.8 Å². The van der Waals surface area contributed by atoms with Crippen LogP contribution in [0.3, 0.4) is 0 Å². The van der Waals surface area contributed by atoms with Crippen LogP contribution in [0.1, 0.15) is 75.0 Å². The summed E-state index contributed by atoms with van der Waals surface area (Å²) in [6, 6.07) is 29.9. The molecule has 74 heavy (non-hydrogen) atoms. The van der Waals surface area contributed by atoms with E-state index in [1.807, 2.05) is 0 Å². The van der Waals surface area contributed by atoms with Crippen LogP contribution in [0.15, 0.2) is 121 Å². The lowest BCUT2D eigenvalue weighted by molar-refractivity contribution is -0.349. The molecule has 3 saturated heterocycles. The summed E-state index contributed by atoms with van der Waals surface area (Å²) in [5, 5.41) is 35.8. The Labute approximate surface area is 424 Å². The minimum atomic E-state index is -2.00. The van der Waals surface area contributed by atoms with E-state index in [-0.39, 0.29) is 41.0 Å². The zero-order valence-electron chi connectivity index (χ0n) is 40.4. The van der Waals surface area contributed by atoms with Crippen LogP contribution in [0.25, 0.3) is 0 Å². The third-order valence-corrected chi connectivity index (χ3v) is 12.2. The van der Waals surface area contributed by atoms with E-state index in [1.165, 1.54) is 62.4 Å². The first-order valence-corrected chi connectivity index (χ1v) is 23.8. The van der Waals surface area contributed by atoms with Crippen molar-refractivity contribution in [2.24, 2.45) is 0 Å². The van der Waals surface area contributed by atoms with Crippen LogP contribution in [0.5, 0.6) is 0 Å². The fourth-order valence-electron chi connectivity index (χ4n) is 8.37. The molecule has 21 nitrogen and oxygen atoms in total. The van der Waals surface area contributed by atoms with E-state index >= 15 is 0 Å². The van der Waals surface area contributed by atoms with Crippen molar-refractivity contribution in [3.63, 3.8) is 0 Å². The predicted molar refractivity (Wildman–Crippen MR) is 253 cm³/mol. The molecule has 0 aliphatic carbocycles. The maximum absolute atomic E-state index is 14.2. The molecule has 4 aromatic rings. The van der Waals surface area contributed by atoms with Crippen molar-refractivity contribution in [3.8, 4) is 0 Å². The molecule has 394 valence electrons. The highest BCUT2D eigenvalue weighted by Crippen LogP contribution is 2.35. The molecule has 0 amide bonds. The monoisotopic (exact) mass is 1030 g/mol. The fraction of sp³-hybridized carbons (Fsp3) is 0.415. The number of aliphatic hydroxyl groups excluding tert-OH is 3. The average Bonchev–Trinajstić information content (AvgIpc) is 3.40. The summed E-state index contributed by atoms with van der Waals surface area (Å²) in [6.45, 7) is 2.30. The van der Waals surface area contributed by atoms with E-state index < -0.39 is 141 Å². The Morgan fingerprint density at radius 1 is 0.514 bits per heavy atom. The zero-order valence-corrected chi connectivity index (χ0v) is 40.4. The molecule has 0 radical (unpaired) electrons. The predicted octanol–water partition coefficient (Wildman–Crippen LogP) is 2.66. The third-order valence-electron chi connectivity index (χ3n) is 12.2. The molecule has 4 N–H and O–H groups in total. The third kappa shape index (κ3) is 14.2. The van der Waals surface area contributed by atoms with Gasteiger partial charge in [0.2, 0.25) is 0 Å². The standard InChI is InChI=1S/C53H57NO20/c1-29(55)24-25-39(57)70-46-45(71-50(63)34-20-12-6-13-21-34)38(28-66-49(62)33-18-10-5-11-19-33)69-53(47(46)72-51(64)35-22-14-7-15-23-35)74-44-37(68-31(3)56)26-54-36(27-65-48(61)32-16-8-4-9-17-32)43(44)73-52-42(60)41(59)40(58)30(2)67-52/h4-23,30,36-38,40-47,52-54,58-60H,24-28H2,1-3H3/t30-,36+,37-,38+,40+,41+,42-,43+,44+,45-,46-,47+,52-,53-/m0/s1. The molecule has 0 unspecified atom stereocenters. The largest absolute Gasteiger partial charge is 0.460 e. The highest BCUT2D eigenvalue weighted by Gasteiger charge is 2.57. The number of esters is 6. The van der Waals surface area contributed by atoms with Gasteiger partial charge in [0.1, 0.15) is 61.7 Å². The van der Waals surface area contributed by atoms with Crippen LogP contribution < -0.4 is 5.32 Å². The Morgan fingerprint density at radius 3 is 1.51 bits per heavy atom.